The molecule has 148 valence electrons. The van der Waals surface area contributed by atoms with Gasteiger partial charge in [0.1, 0.15) is 16.4 Å². The molecule has 1 N–H and O–H groups in total. The molecule has 1 atom stereocenters. The summed E-state index contributed by atoms with van der Waals surface area (Å²) >= 11 is 1.47. The molecule has 1 aromatic carbocycles. The van der Waals surface area contributed by atoms with Crippen LogP contribution in [0.5, 0.6) is 0 Å². The third-order valence-corrected chi connectivity index (χ3v) is 5.28. The van der Waals surface area contributed by atoms with Crippen LogP contribution < -0.4 is 15.9 Å². The summed E-state index contributed by atoms with van der Waals surface area (Å²) in [6, 6.07) is 10.1. The van der Waals surface area contributed by atoms with Crippen LogP contribution in [-0.4, -0.2) is 32.9 Å². The predicted octanol–water partition coefficient (Wildman–Crippen LogP) is 1.81. The minimum absolute atomic E-state index is 0.243. The van der Waals surface area contributed by atoms with Gasteiger partial charge in [-0.1, -0.05) is 36.9 Å². The van der Waals surface area contributed by atoms with E-state index in [9.17, 15) is 14.9 Å². The zero-order valence-corrected chi connectivity index (χ0v) is 16.3. The van der Waals surface area contributed by atoms with Crippen LogP contribution in [0.4, 0.5) is 5.88 Å². The molecule has 3 heterocycles. The fourth-order valence-corrected chi connectivity index (χ4v) is 3.66. The molecule has 4 rings (SSSR count). The van der Waals surface area contributed by atoms with Gasteiger partial charge in [-0.05, 0) is 30.7 Å². The fourth-order valence-electron chi connectivity index (χ4n) is 2.95. The Bertz CT molecular complexity index is 1150. The highest BCUT2D eigenvalue weighted by molar-refractivity contribution is 8.13. The Labute approximate surface area is 169 Å². The standard InChI is InChI=1S/C19H17N5O4S/c1-2-11-29-19-21-18(25)17-13-5-3-4-6-14(13)20-15(23(17)22-19)9-7-12-8-10-16(28-12)24(26)27/h3-10,15H,2,11H2,1H3,(H,21,22,25)/b9-7+/t15-/m0/s1. The van der Waals surface area contributed by atoms with E-state index in [0.29, 0.717) is 27.2 Å². The number of hydrazone groups is 1. The van der Waals surface area contributed by atoms with E-state index in [1.807, 2.05) is 24.3 Å². The Balaban J connectivity index is 1.74. The molecule has 29 heavy (non-hydrogen) atoms. The number of carbonyl (C=O) groups is 1. The van der Waals surface area contributed by atoms with Gasteiger partial charge in [-0.2, -0.15) is 0 Å². The molecule has 0 saturated heterocycles. The zero-order valence-electron chi connectivity index (χ0n) is 15.4. The van der Waals surface area contributed by atoms with E-state index in [0.717, 1.165) is 12.2 Å². The SMILES string of the molecule is CCCSC1=NN2C(=c3ccccc3=N[C@@H]2/C=C/c2ccc([N+](=O)[O-])o2)C(=O)N1. The molecule has 1 aromatic heterocycles. The summed E-state index contributed by atoms with van der Waals surface area (Å²) in [6.07, 6.45) is 3.65. The lowest BCUT2D eigenvalue weighted by Crippen LogP contribution is -2.52. The second kappa shape index (κ2) is 7.92. The van der Waals surface area contributed by atoms with Gasteiger partial charge in [-0.25, -0.2) is 5.01 Å². The average molecular weight is 411 g/mol. The lowest BCUT2D eigenvalue weighted by atomic mass is 10.1. The number of hydrogen-bond donors (Lipinski definition) is 1. The Morgan fingerprint density at radius 3 is 2.93 bits per heavy atom. The Morgan fingerprint density at radius 2 is 2.17 bits per heavy atom. The Hall–Kier alpha value is -3.40. The minimum Gasteiger partial charge on any atom is -0.401 e. The predicted molar refractivity (Wildman–Crippen MR) is 109 cm³/mol. The molecule has 0 aliphatic carbocycles. The van der Waals surface area contributed by atoms with Crippen molar-refractivity contribution in [2.24, 2.45) is 10.1 Å². The molecule has 2 aliphatic rings. The van der Waals surface area contributed by atoms with Gasteiger partial charge in [-0.3, -0.25) is 25.2 Å². The first-order chi connectivity index (χ1) is 14.1. The summed E-state index contributed by atoms with van der Waals surface area (Å²) in [5.74, 6) is 0.565. The first-order valence-corrected chi connectivity index (χ1v) is 9.97. The van der Waals surface area contributed by atoms with Gasteiger partial charge >= 0.3 is 5.88 Å². The lowest BCUT2D eigenvalue weighted by Gasteiger charge is -2.32. The van der Waals surface area contributed by atoms with Crippen LogP contribution in [-0.2, 0) is 4.79 Å². The van der Waals surface area contributed by atoms with E-state index in [1.165, 1.54) is 23.9 Å². The quantitative estimate of drug-likeness (QED) is 0.593. The van der Waals surface area contributed by atoms with Crippen molar-refractivity contribution in [1.82, 2.24) is 10.3 Å². The Morgan fingerprint density at radius 1 is 1.34 bits per heavy atom. The number of benzene rings is 1. The number of nitrogens with one attached hydrogen (secondary N) is 1. The van der Waals surface area contributed by atoms with Crippen LogP contribution in [0.2, 0.25) is 0 Å². The van der Waals surface area contributed by atoms with E-state index in [1.54, 1.807) is 17.2 Å². The second-order valence-electron chi connectivity index (χ2n) is 6.25. The molecule has 0 saturated carbocycles. The number of nitro groups is 1. The summed E-state index contributed by atoms with van der Waals surface area (Å²) in [4.78, 5) is 27.7. The van der Waals surface area contributed by atoms with E-state index >= 15 is 0 Å². The van der Waals surface area contributed by atoms with Crippen LogP contribution in [0, 0.1) is 10.1 Å². The fraction of sp³-hybridized carbons (Fsp3) is 0.211. The molecule has 10 heteroatoms. The number of fused-ring (bicyclic) bond motifs is 2. The number of nitrogens with zero attached hydrogens (tertiary/aromatic N) is 4. The number of hydrogen-bond acceptors (Lipinski definition) is 8. The average Bonchev–Trinajstić information content (AvgIpc) is 3.19. The van der Waals surface area contributed by atoms with Crippen molar-refractivity contribution < 1.29 is 14.1 Å². The summed E-state index contributed by atoms with van der Waals surface area (Å²) in [7, 11) is 0. The largest absolute Gasteiger partial charge is 0.433 e. The zero-order chi connectivity index (χ0) is 20.4. The van der Waals surface area contributed by atoms with Crippen molar-refractivity contribution in [1.29, 1.82) is 0 Å². The number of carbonyl (C=O) groups excluding carboxylic acids is 1. The molecule has 0 spiro atoms. The third kappa shape index (κ3) is 3.79. The van der Waals surface area contributed by atoms with E-state index in [-0.39, 0.29) is 11.8 Å². The van der Waals surface area contributed by atoms with Crippen LogP contribution in [0.3, 0.4) is 0 Å². The first kappa shape index (κ1) is 18.9. The van der Waals surface area contributed by atoms with Crippen molar-refractivity contribution in [3.05, 3.63) is 68.9 Å². The molecule has 0 bridgehead atoms. The van der Waals surface area contributed by atoms with Crippen molar-refractivity contribution in [3.63, 3.8) is 0 Å². The van der Waals surface area contributed by atoms with Crippen LogP contribution >= 0.6 is 11.8 Å². The van der Waals surface area contributed by atoms with Gasteiger partial charge < -0.3 is 4.42 Å². The van der Waals surface area contributed by atoms with Gasteiger partial charge in [0.25, 0.3) is 5.91 Å². The smallest absolute Gasteiger partial charge is 0.401 e. The maximum Gasteiger partial charge on any atom is 0.433 e. The second-order valence-corrected chi connectivity index (χ2v) is 7.34. The highest BCUT2D eigenvalue weighted by atomic mass is 32.2. The molecule has 0 unspecified atom stereocenters. The van der Waals surface area contributed by atoms with Gasteiger partial charge in [0.2, 0.25) is 0 Å². The number of rotatable bonds is 5. The van der Waals surface area contributed by atoms with Crippen LogP contribution in [0.1, 0.15) is 19.1 Å². The van der Waals surface area contributed by atoms with Gasteiger partial charge in [0, 0.05) is 11.0 Å². The molecule has 2 aliphatic heterocycles. The van der Waals surface area contributed by atoms with E-state index < -0.39 is 11.1 Å². The maximum absolute atomic E-state index is 12.8. The number of amides is 1. The molecule has 2 aromatic rings. The number of furan rings is 1. The number of thioether (sulfide) groups is 1. The van der Waals surface area contributed by atoms with E-state index in [4.69, 9.17) is 4.42 Å². The molecule has 0 radical (unpaired) electrons. The molecule has 0 fully saturated rings. The van der Waals surface area contributed by atoms with Crippen molar-refractivity contribution in [2.45, 2.75) is 19.5 Å². The normalized spacial score (nSPS) is 18.0. The molecule has 1 amide bonds. The van der Waals surface area contributed by atoms with Crippen LogP contribution in [0.15, 0.2) is 57.0 Å². The van der Waals surface area contributed by atoms with Crippen molar-refractivity contribution in [3.8, 4) is 0 Å². The molecular formula is C19H17N5O4S. The first-order valence-electron chi connectivity index (χ1n) is 8.98. The number of amidine groups is 1. The minimum atomic E-state index is -0.596. The highest BCUT2D eigenvalue weighted by Gasteiger charge is 2.32. The molecular weight excluding hydrogens is 394 g/mol. The number of para-hydroxylation sites is 1. The Kier molecular flexibility index (Phi) is 5.17. The molecule has 9 nitrogen and oxygen atoms in total. The summed E-state index contributed by atoms with van der Waals surface area (Å²) in [6.45, 7) is 2.05. The van der Waals surface area contributed by atoms with Gasteiger partial charge in [0.05, 0.1) is 11.4 Å². The topological polar surface area (TPSA) is 113 Å². The third-order valence-electron chi connectivity index (χ3n) is 4.21. The van der Waals surface area contributed by atoms with Crippen molar-refractivity contribution >= 4 is 40.5 Å². The lowest BCUT2D eigenvalue weighted by molar-refractivity contribution is -0.402. The summed E-state index contributed by atoms with van der Waals surface area (Å²) in [5, 5.41) is 21.7. The van der Waals surface area contributed by atoms with Crippen LogP contribution in [0.25, 0.3) is 11.8 Å². The van der Waals surface area contributed by atoms with Gasteiger partial charge in [-0.15, -0.1) is 5.10 Å². The van der Waals surface area contributed by atoms with Crippen molar-refractivity contribution in [2.75, 3.05) is 5.75 Å². The summed E-state index contributed by atoms with van der Waals surface area (Å²) in [5.41, 5.74) is 0.413. The maximum atomic E-state index is 12.8. The van der Waals surface area contributed by atoms with Gasteiger partial charge in [0.15, 0.2) is 11.3 Å². The highest BCUT2D eigenvalue weighted by Crippen LogP contribution is 2.23. The van der Waals surface area contributed by atoms with E-state index in [2.05, 4.69) is 22.3 Å². The summed E-state index contributed by atoms with van der Waals surface area (Å²) < 4.78 is 5.16. The monoisotopic (exact) mass is 411 g/mol.